The summed E-state index contributed by atoms with van der Waals surface area (Å²) in [7, 11) is 0. The highest BCUT2D eigenvalue weighted by molar-refractivity contribution is 7.80. The van der Waals surface area contributed by atoms with Crippen molar-refractivity contribution in [1.29, 1.82) is 0 Å². The summed E-state index contributed by atoms with van der Waals surface area (Å²) in [6, 6.07) is 4.90. The summed E-state index contributed by atoms with van der Waals surface area (Å²) in [6.07, 6.45) is 0. The van der Waals surface area contributed by atoms with E-state index in [0.717, 1.165) is 5.56 Å². The van der Waals surface area contributed by atoms with Gasteiger partial charge in [-0.1, -0.05) is 29.9 Å². The van der Waals surface area contributed by atoms with Crippen molar-refractivity contribution in [3.05, 3.63) is 34.3 Å². The molecule has 0 radical (unpaired) electrons. The molecule has 3 N–H and O–H groups in total. The van der Waals surface area contributed by atoms with E-state index in [1.807, 2.05) is 13.0 Å². The summed E-state index contributed by atoms with van der Waals surface area (Å²) >= 11 is 10.7. The normalized spacial score (nSPS) is 11.9. The van der Waals surface area contributed by atoms with Crippen molar-refractivity contribution in [2.45, 2.75) is 19.9 Å². The van der Waals surface area contributed by atoms with E-state index in [1.54, 1.807) is 19.1 Å². The first-order chi connectivity index (χ1) is 7.41. The Morgan fingerprint density at radius 1 is 1.56 bits per heavy atom. The maximum absolute atomic E-state index is 11.8. The molecule has 0 fully saturated rings. The topological polar surface area (TPSA) is 55.1 Å². The highest BCUT2D eigenvalue weighted by atomic mass is 35.5. The molecule has 0 aliphatic carbocycles. The molecule has 0 saturated heterocycles. The molecular formula is C11H13ClN2OS. The van der Waals surface area contributed by atoms with Crippen LogP contribution in [0.5, 0.6) is 0 Å². The van der Waals surface area contributed by atoms with Gasteiger partial charge in [0.05, 0.1) is 21.6 Å². The number of nitrogens with two attached hydrogens (primary N) is 1. The number of thiocarbonyl (C=S) groups is 1. The third kappa shape index (κ3) is 3.18. The Bertz CT molecular complexity index is 434. The third-order valence-electron chi connectivity index (χ3n) is 2.14. The first-order valence-electron chi connectivity index (χ1n) is 4.78. The fourth-order valence-corrected chi connectivity index (χ4v) is 1.53. The van der Waals surface area contributed by atoms with Gasteiger partial charge in [-0.25, -0.2) is 0 Å². The lowest BCUT2D eigenvalue weighted by molar-refractivity contribution is 0.0949. The predicted octanol–water partition coefficient (Wildman–Crippen LogP) is 2.05. The first kappa shape index (κ1) is 12.9. The monoisotopic (exact) mass is 256 g/mol. The van der Waals surface area contributed by atoms with Crippen molar-refractivity contribution >= 4 is 34.7 Å². The van der Waals surface area contributed by atoms with Gasteiger partial charge in [0.1, 0.15) is 0 Å². The first-order valence-corrected chi connectivity index (χ1v) is 5.56. The zero-order chi connectivity index (χ0) is 12.3. The molecule has 0 aliphatic heterocycles. The molecule has 1 rings (SSSR count). The highest BCUT2D eigenvalue weighted by Gasteiger charge is 2.14. The van der Waals surface area contributed by atoms with Crippen LogP contribution in [-0.2, 0) is 0 Å². The number of carbonyl (C=O) groups is 1. The van der Waals surface area contributed by atoms with Gasteiger partial charge in [0.15, 0.2) is 0 Å². The fraction of sp³-hybridized carbons (Fsp3) is 0.273. The van der Waals surface area contributed by atoms with E-state index in [0.29, 0.717) is 10.6 Å². The van der Waals surface area contributed by atoms with Crippen molar-refractivity contribution < 1.29 is 4.79 Å². The van der Waals surface area contributed by atoms with Crippen molar-refractivity contribution in [2.75, 3.05) is 0 Å². The smallest absolute Gasteiger partial charge is 0.253 e. The summed E-state index contributed by atoms with van der Waals surface area (Å²) in [5, 5.41) is 3.09. The molecule has 1 aromatic carbocycles. The van der Waals surface area contributed by atoms with E-state index in [1.165, 1.54) is 0 Å². The Hall–Kier alpha value is -1.13. The number of amides is 1. The van der Waals surface area contributed by atoms with Gasteiger partial charge in [0.2, 0.25) is 0 Å². The Balaban J connectivity index is 2.85. The van der Waals surface area contributed by atoms with Gasteiger partial charge < -0.3 is 11.1 Å². The van der Waals surface area contributed by atoms with Crippen molar-refractivity contribution in [1.82, 2.24) is 5.32 Å². The lowest BCUT2D eigenvalue weighted by atomic mass is 10.1. The molecule has 0 heterocycles. The van der Waals surface area contributed by atoms with Crippen LogP contribution in [-0.4, -0.2) is 16.9 Å². The van der Waals surface area contributed by atoms with Crippen molar-refractivity contribution in [3.63, 3.8) is 0 Å². The van der Waals surface area contributed by atoms with Gasteiger partial charge in [-0.3, -0.25) is 4.79 Å². The fourth-order valence-electron chi connectivity index (χ4n) is 1.15. The Morgan fingerprint density at radius 3 is 2.69 bits per heavy atom. The van der Waals surface area contributed by atoms with E-state index >= 15 is 0 Å². The predicted molar refractivity (Wildman–Crippen MR) is 69.9 cm³/mol. The van der Waals surface area contributed by atoms with Gasteiger partial charge >= 0.3 is 0 Å². The molecule has 86 valence electrons. The van der Waals surface area contributed by atoms with Crippen LogP contribution in [0.3, 0.4) is 0 Å². The van der Waals surface area contributed by atoms with E-state index in [-0.39, 0.29) is 16.9 Å². The van der Waals surface area contributed by atoms with Gasteiger partial charge in [0.25, 0.3) is 5.91 Å². The maximum atomic E-state index is 11.8. The second kappa shape index (κ2) is 5.27. The van der Waals surface area contributed by atoms with Crippen molar-refractivity contribution in [2.24, 2.45) is 5.73 Å². The van der Waals surface area contributed by atoms with Crippen LogP contribution in [0.4, 0.5) is 0 Å². The number of benzene rings is 1. The number of hydrogen-bond acceptors (Lipinski definition) is 2. The number of halogens is 1. The molecule has 1 atom stereocenters. The largest absolute Gasteiger partial charge is 0.392 e. The molecule has 1 amide bonds. The van der Waals surface area contributed by atoms with Crippen LogP contribution in [0.25, 0.3) is 0 Å². The summed E-state index contributed by atoms with van der Waals surface area (Å²) in [5.41, 5.74) is 6.84. The Kier molecular flexibility index (Phi) is 4.26. The average molecular weight is 257 g/mol. The number of aryl methyl sites for hydroxylation is 1. The Morgan fingerprint density at radius 2 is 2.19 bits per heavy atom. The van der Waals surface area contributed by atoms with E-state index < -0.39 is 0 Å². The summed E-state index contributed by atoms with van der Waals surface area (Å²) in [4.78, 5) is 12.0. The van der Waals surface area contributed by atoms with Crippen LogP contribution in [0, 0.1) is 6.92 Å². The molecule has 5 heteroatoms. The summed E-state index contributed by atoms with van der Waals surface area (Å²) < 4.78 is 0. The third-order valence-corrected chi connectivity index (χ3v) is 2.81. The van der Waals surface area contributed by atoms with Gasteiger partial charge in [-0.05, 0) is 31.5 Å². The van der Waals surface area contributed by atoms with E-state index in [4.69, 9.17) is 29.6 Å². The van der Waals surface area contributed by atoms with Crippen molar-refractivity contribution in [3.8, 4) is 0 Å². The molecule has 0 aromatic heterocycles. The van der Waals surface area contributed by atoms with Crippen LogP contribution >= 0.6 is 23.8 Å². The molecule has 0 spiro atoms. The number of carbonyl (C=O) groups excluding carboxylic acids is 1. The minimum atomic E-state index is -0.347. The molecule has 3 nitrogen and oxygen atoms in total. The van der Waals surface area contributed by atoms with Crippen LogP contribution in [0.2, 0.25) is 5.02 Å². The van der Waals surface area contributed by atoms with E-state index in [9.17, 15) is 4.79 Å². The second-order valence-electron chi connectivity index (χ2n) is 3.58. The number of hydrogen-bond donors (Lipinski definition) is 2. The summed E-state index contributed by atoms with van der Waals surface area (Å²) in [5.74, 6) is -0.273. The molecule has 0 bridgehead atoms. The molecule has 1 aromatic rings. The van der Waals surface area contributed by atoms with Gasteiger partial charge in [-0.2, -0.15) is 0 Å². The quantitative estimate of drug-likeness (QED) is 0.814. The van der Waals surface area contributed by atoms with Crippen LogP contribution in [0.1, 0.15) is 22.8 Å². The molecular weight excluding hydrogens is 244 g/mol. The number of rotatable bonds is 3. The minimum absolute atomic E-state index is 0.247. The number of nitrogens with one attached hydrogen (secondary N) is 1. The zero-order valence-corrected chi connectivity index (χ0v) is 10.7. The van der Waals surface area contributed by atoms with Crippen LogP contribution in [0.15, 0.2) is 18.2 Å². The lowest BCUT2D eigenvalue weighted by Gasteiger charge is -2.12. The molecule has 0 saturated carbocycles. The summed E-state index contributed by atoms with van der Waals surface area (Å²) in [6.45, 7) is 3.63. The standard InChI is InChI=1S/C11H13ClN2OS/c1-6-3-4-8(9(12)5-6)11(15)14-7(2)10(13)16/h3-5,7H,1-2H3,(H2,13,16)(H,14,15). The molecule has 0 aliphatic rings. The maximum Gasteiger partial charge on any atom is 0.253 e. The van der Waals surface area contributed by atoms with Crippen LogP contribution < -0.4 is 11.1 Å². The molecule has 16 heavy (non-hydrogen) atoms. The highest BCUT2D eigenvalue weighted by Crippen LogP contribution is 2.17. The average Bonchev–Trinajstić information content (AvgIpc) is 2.16. The van der Waals surface area contributed by atoms with Gasteiger partial charge in [0, 0.05) is 0 Å². The van der Waals surface area contributed by atoms with E-state index in [2.05, 4.69) is 5.32 Å². The molecule has 1 unspecified atom stereocenters. The minimum Gasteiger partial charge on any atom is -0.392 e. The second-order valence-corrected chi connectivity index (χ2v) is 4.46. The Labute approximate surface area is 105 Å². The zero-order valence-electron chi connectivity index (χ0n) is 9.08. The lowest BCUT2D eigenvalue weighted by Crippen LogP contribution is -2.41. The van der Waals surface area contributed by atoms with Gasteiger partial charge in [-0.15, -0.1) is 0 Å². The SMILES string of the molecule is Cc1ccc(C(=O)NC(C)C(N)=S)c(Cl)c1.